The van der Waals surface area contributed by atoms with E-state index in [9.17, 15) is 8.78 Å². The summed E-state index contributed by atoms with van der Waals surface area (Å²) in [6, 6.07) is 2.13. The molecule has 0 atom stereocenters. The molecule has 0 aliphatic carbocycles. The Balaban J connectivity index is 2.17. The third-order valence-corrected chi connectivity index (χ3v) is 3.05. The Bertz CT molecular complexity index is 558. The van der Waals surface area contributed by atoms with E-state index in [1.807, 2.05) is 18.4 Å². The lowest BCUT2D eigenvalue weighted by atomic mass is 10.2. The Labute approximate surface area is 115 Å². The first-order chi connectivity index (χ1) is 8.99. The summed E-state index contributed by atoms with van der Waals surface area (Å²) in [6.07, 6.45) is 3.41. The fraction of sp³-hybridized carbons (Fsp3) is 0.308. The zero-order valence-corrected chi connectivity index (χ0v) is 11.4. The Morgan fingerprint density at radius 1 is 1.37 bits per heavy atom. The summed E-state index contributed by atoms with van der Waals surface area (Å²) < 4.78 is 28.5. The van der Waals surface area contributed by atoms with Crippen molar-refractivity contribution in [2.24, 2.45) is 0 Å². The second-order valence-electron chi connectivity index (χ2n) is 4.48. The van der Waals surface area contributed by atoms with Crippen LogP contribution < -0.4 is 5.32 Å². The van der Waals surface area contributed by atoms with Crippen LogP contribution >= 0.6 is 11.6 Å². The topological polar surface area (TPSA) is 29.9 Å². The zero-order chi connectivity index (χ0) is 14.0. The number of benzene rings is 1. The fourth-order valence-corrected chi connectivity index (χ4v) is 2.09. The van der Waals surface area contributed by atoms with Crippen LogP contribution in [0.1, 0.15) is 25.6 Å². The Hall–Kier alpha value is -1.62. The molecule has 0 fully saturated rings. The summed E-state index contributed by atoms with van der Waals surface area (Å²) in [5.74, 6) is -1.40. The van der Waals surface area contributed by atoms with Crippen LogP contribution in [0.2, 0.25) is 5.02 Å². The number of imidazole rings is 1. The van der Waals surface area contributed by atoms with Crippen molar-refractivity contribution in [2.45, 2.75) is 26.4 Å². The van der Waals surface area contributed by atoms with E-state index in [0.717, 1.165) is 17.8 Å². The lowest BCUT2D eigenvalue weighted by Crippen LogP contribution is -2.10. The molecule has 0 amide bonds. The Morgan fingerprint density at radius 3 is 2.74 bits per heavy atom. The molecule has 0 radical (unpaired) electrons. The van der Waals surface area contributed by atoms with Gasteiger partial charge in [-0.2, -0.15) is 0 Å². The van der Waals surface area contributed by atoms with Crippen molar-refractivity contribution in [3.8, 4) is 0 Å². The summed E-state index contributed by atoms with van der Waals surface area (Å²) in [4.78, 5) is 4.05. The van der Waals surface area contributed by atoms with Gasteiger partial charge in [-0.3, -0.25) is 0 Å². The monoisotopic (exact) mass is 285 g/mol. The lowest BCUT2D eigenvalue weighted by Gasteiger charge is -2.14. The van der Waals surface area contributed by atoms with Crippen molar-refractivity contribution < 1.29 is 8.78 Å². The normalized spacial score (nSPS) is 11.1. The van der Waals surface area contributed by atoms with Gasteiger partial charge in [-0.05, 0) is 19.9 Å². The molecule has 0 bridgehead atoms. The third kappa shape index (κ3) is 3.04. The van der Waals surface area contributed by atoms with Crippen LogP contribution in [-0.2, 0) is 6.54 Å². The molecule has 2 aromatic rings. The molecule has 0 aliphatic heterocycles. The molecule has 6 heteroatoms. The van der Waals surface area contributed by atoms with Crippen molar-refractivity contribution in [3.63, 3.8) is 0 Å². The number of hydrogen-bond acceptors (Lipinski definition) is 2. The van der Waals surface area contributed by atoms with Crippen LogP contribution in [0, 0.1) is 11.6 Å². The van der Waals surface area contributed by atoms with Gasteiger partial charge in [-0.25, -0.2) is 13.8 Å². The van der Waals surface area contributed by atoms with Gasteiger partial charge in [0.1, 0.15) is 5.82 Å². The highest BCUT2D eigenvalue weighted by atomic mass is 35.5. The largest absolute Gasteiger partial charge is 0.376 e. The molecular formula is C13H14ClF2N3. The standard InChI is InChI=1S/C13H14ClF2N3/c1-8(2)19-7-17-5-10(19)6-18-13-11(14)3-9(15)4-12(13)16/h3-5,7-8,18H,6H2,1-2H3. The highest BCUT2D eigenvalue weighted by Gasteiger charge is 2.11. The van der Waals surface area contributed by atoms with Gasteiger partial charge >= 0.3 is 0 Å². The molecule has 0 saturated heterocycles. The molecule has 19 heavy (non-hydrogen) atoms. The van der Waals surface area contributed by atoms with Crippen LogP contribution in [-0.4, -0.2) is 9.55 Å². The van der Waals surface area contributed by atoms with E-state index in [2.05, 4.69) is 10.3 Å². The quantitative estimate of drug-likeness (QED) is 0.920. The number of nitrogens with one attached hydrogen (secondary N) is 1. The van der Waals surface area contributed by atoms with E-state index in [-0.39, 0.29) is 16.8 Å². The SMILES string of the molecule is CC(C)n1cncc1CNc1c(F)cc(F)cc1Cl. The number of rotatable bonds is 4. The molecule has 2 rings (SSSR count). The average Bonchev–Trinajstić information content (AvgIpc) is 2.75. The molecule has 0 spiro atoms. The summed E-state index contributed by atoms with van der Waals surface area (Å²) >= 11 is 5.81. The zero-order valence-electron chi connectivity index (χ0n) is 10.6. The Kier molecular flexibility index (Phi) is 4.04. The maximum absolute atomic E-state index is 13.6. The van der Waals surface area contributed by atoms with E-state index in [1.54, 1.807) is 12.5 Å². The predicted molar refractivity (Wildman–Crippen MR) is 71.3 cm³/mol. The van der Waals surface area contributed by atoms with E-state index in [4.69, 9.17) is 11.6 Å². The number of anilines is 1. The summed E-state index contributed by atoms with van der Waals surface area (Å²) in [5, 5.41) is 2.89. The minimum absolute atomic E-state index is 0.0214. The highest BCUT2D eigenvalue weighted by molar-refractivity contribution is 6.33. The van der Waals surface area contributed by atoms with Crippen LogP contribution in [0.15, 0.2) is 24.7 Å². The molecule has 1 heterocycles. The minimum atomic E-state index is -0.708. The Morgan fingerprint density at radius 2 is 2.11 bits per heavy atom. The second-order valence-corrected chi connectivity index (χ2v) is 4.89. The predicted octanol–water partition coefficient (Wildman–Crippen LogP) is 4.01. The molecular weight excluding hydrogens is 272 g/mol. The smallest absolute Gasteiger partial charge is 0.150 e. The van der Waals surface area contributed by atoms with Crippen LogP contribution in [0.25, 0.3) is 0 Å². The van der Waals surface area contributed by atoms with Crippen molar-refractivity contribution >= 4 is 17.3 Å². The van der Waals surface area contributed by atoms with Gasteiger partial charge in [0.05, 0.1) is 29.3 Å². The first-order valence-electron chi connectivity index (χ1n) is 5.88. The lowest BCUT2D eigenvalue weighted by molar-refractivity contribution is 0.574. The highest BCUT2D eigenvalue weighted by Crippen LogP contribution is 2.27. The van der Waals surface area contributed by atoms with Gasteiger partial charge in [0.25, 0.3) is 0 Å². The summed E-state index contributed by atoms with van der Waals surface area (Å²) in [7, 11) is 0. The van der Waals surface area contributed by atoms with E-state index >= 15 is 0 Å². The molecule has 1 aromatic heterocycles. The maximum atomic E-state index is 13.6. The average molecular weight is 286 g/mol. The van der Waals surface area contributed by atoms with Crippen molar-refractivity contribution in [1.82, 2.24) is 9.55 Å². The first kappa shape index (κ1) is 13.8. The van der Waals surface area contributed by atoms with Crippen molar-refractivity contribution in [1.29, 1.82) is 0 Å². The second kappa shape index (κ2) is 5.57. The first-order valence-corrected chi connectivity index (χ1v) is 6.26. The van der Waals surface area contributed by atoms with E-state index in [0.29, 0.717) is 6.54 Å². The molecule has 0 unspecified atom stereocenters. The molecule has 1 aromatic carbocycles. The van der Waals surface area contributed by atoms with Crippen molar-refractivity contribution in [3.05, 3.63) is 47.0 Å². The minimum Gasteiger partial charge on any atom is -0.376 e. The molecule has 102 valence electrons. The van der Waals surface area contributed by atoms with E-state index in [1.165, 1.54) is 0 Å². The van der Waals surface area contributed by atoms with Crippen LogP contribution in [0.5, 0.6) is 0 Å². The van der Waals surface area contributed by atoms with Crippen LogP contribution in [0.3, 0.4) is 0 Å². The van der Waals surface area contributed by atoms with E-state index < -0.39 is 11.6 Å². The van der Waals surface area contributed by atoms with Crippen LogP contribution in [0.4, 0.5) is 14.5 Å². The molecule has 0 aliphatic rings. The molecule has 0 saturated carbocycles. The third-order valence-electron chi connectivity index (χ3n) is 2.76. The number of nitrogens with zero attached hydrogens (tertiary/aromatic N) is 2. The van der Waals surface area contributed by atoms with Crippen molar-refractivity contribution in [2.75, 3.05) is 5.32 Å². The van der Waals surface area contributed by atoms with Gasteiger partial charge in [0.15, 0.2) is 5.82 Å². The van der Waals surface area contributed by atoms with Gasteiger partial charge in [0, 0.05) is 18.3 Å². The maximum Gasteiger partial charge on any atom is 0.150 e. The number of halogens is 3. The number of hydrogen-bond donors (Lipinski definition) is 1. The number of aromatic nitrogens is 2. The van der Waals surface area contributed by atoms with Gasteiger partial charge < -0.3 is 9.88 Å². The fourth-order valence-electron chi connectivity index (χ4n) is 1.82. The summed E-state index contributed by atoms with van der Waals surface area (Å²) in [6.45, 7) is 4.41. The van der Waals surface area contributed by atoms with Gasteiger partial charge in [-0.1, -0.05) is 11.6 Å². The molecule has 1 N–H and O–H groups in total. The van der Waals surface area contributed by atoms with Gasteiger partial charge in [-0.15, -0.1) is 0 Å². The summed E-state index contributed by atoms with van der Waals surface area (Å²) in [5.41, 5.74) is 0.995. The van der Waals surface area contributed by atoms with Gasteiger partial charge in [0.2, 0.25) is 0 Å². The molecule has 3 nitrogen and oxygen atoms in total.